The van der Waals surface area contributed by atoms with Gasteiger partial charge in [0, 0.05) is 19.3 Å². The summed E-state index contributed by atoms with van der Waals surface area (Å²) in [5.74, 6) is 0.905. The smallest absolute Gasteiger partial charge is 1.00 e. The third-order valence-corrected chi connectivity index (χ3v) is 3.04. The van der Waals surface area contributed by atoms with Crippen LogP contribution >= 0.6 is 23.8 Å². The minimum Gasteiger partial charge on any atom is -1.00 e. The normalized spacial score (nSPS) is 15.9. The third-order valence-electron chi connectivity index (χ3n) is 2.21. The van der Waals surface area contributed by atoms with Gasteiger partial charge in [0.05, 0.1) is 22.7 Å². The summed E-state index contributed by atoms with van der Waals surface area (Å²) in [7, 11) is 0. The van der Waals surface area contributed by atoms with E-state index in [1.807, 2.05) is 6.20 Å². The van der Waals surface area contributed by atoms with Gasteiger partial charge in [0.1, 0.15) is 5.82 Å². The van der Waals surface area contributed by atoms with Crippen LogP contribution in [-0.4, -0.2) is 31.3 Å². The average molecular weight is 271 g/mol. The molecule has 0 saturated carbocycles. The first kappa shape index (κ1) is 14.1. The summed E-state index contributed by atoms with van der Waals surface area (Å²) in [6, 6.07) is 1.79. The van der Waals surface area contributed by atoms with Crippen molar-refractivity contribution >= 4 is 29.6 Å². The number of aromatic nitrogens is 1. The second kappa shape index (κ2) is 6.71. The number of rotatable bonds is 1. The van der Waals surface area contributed by atoms with E-state index in [0.29, 0.717) is 9.53 Å². The van der Waals surface area contributed by atoms with E-state index in [9.17, 15) is 0 Å². The Hall–Kier alpha value is 1.06. The van der Waals surface area contributed by atoms with Crippen molar-refractivity contribution in [2.45, 2.75) is 0 Å². The zero-order valence-electron chi connectivity index (χ0n) is 9.62. The molecule has 2 heterocycles. The first-order chi connectivity index (χ1) is 6.79. The van der Waals surface area contributed by atoms with Gasteiger partial charge in [0.25, 0.3) is 0 Å². The van der Waals surface area contributed by atoms with E-state index in [1.54, 1.807) is 6.07 Å². The molecule has 0 spiro atoms. The Kier molecular flexibility index (Phi) is 6.32. The first-order valence-electron chi connectivity index (χ1n) is 4.49. The Balaban J connectivity index is 0.00000112. The molecule has 1 aliphatic rings. The zero-order valence-corrected chi connectivity index (χ0v) is 13.3. The summed E-state index contributed by atoms with van der Waals surface area (Å²) < 4.78 is 5.95. The van der Waals surface area contributed by atoms with E-state index in [0.717, 1.165) is 32.1 Å². The van der Waals surface area contributed by atoms with E-state index in [2.05, 4.69) is 9.88 Å². The minimum atomic E-state index is 0. The van der Waals surface area contributed by atoms with Gasteiger partial charge in [-0.3, -0.25) is 0 Å². The maximum atomic E-state index is 6.11. The van der Waals surface area contributed by atoms with Crippen LogP contribution in [0, 0.1) is 4.51 Å². The predicted molar refractivity (Wildman–Crippen MR) is 60.8 cm³/mol. The van der Waals surface area contributed by atoms with Gasteiger partial charge >= 0.3 is 51.4 Å². The summed E-state index contributed by atoms with van der Waals surface area (Å²) in [5, 5.41) is 0.629. The molecule has 1 N–H and O–H groups in total. The molecular formula is C9H12ClKN2OS. The summed E-state index contributed by atoms with van der Waals surface area (Å²) in [5.41, 5.74) is 0. The molecule has 1 aliphatic heterocycles. The van der Waals surface area contributed by atoms with Crippen LogP contribution in [0.4, 0.5) is 5.82 Å². The van der Waals surface area contributed by atoms with Crippen LogP contribution in [-0.2, 0) is 4.74 Å². The molecule has 0 aliphatic carbocycles. The summed E-state index contributed by atoms with van der Waals surface area (Å²) in [6.07, 6.45) is 1.82. The molecule has 0 aromatic carbocycles. The van der Waals surface area contributed by atoms with E-state index in [4.69, 9.17) is 28.6 Å². The van der Waals surface area contributed by atoms with Crippen LogP contribution in [0.25, 0.3) is 0 Å². The van der Waals surface area contributed by atoms with Gasteiger partial charge in [-0.05, 0) is 6.07 Å². The van der Waals surface area contributed by atoms with Crippen LogP contribution in [0.3, 0.4) is 0 Å². The van der Waals surface area contributed by atoms with Crippen molar-refractivity contribution in [1.29, 1.82) is 0 Å². The number of ether oxygens (including phenoxy) is 1. The monoisotopic (exact) mass is 270 g/mol. The van der Waals surface area contributed by atoms with Gasteiger partial charge in [0.15, 0.2) is 0 Å². The number of aromatic amines is 1. The Morgan fingerprint density at radius 1 is 1.47 bits per heavy atom. The van der Waals surface area contributed by atoms with Gasteiger partial charge < -0.3 is 16.0 Å². The van der Waals surface area contributed by atoms with Crippen molar-refractivity contribution < 1.29 is 57.5 Å². The quantitative estimate of drug-likeness (QED) is 0.543. The van der Waals surface area contributed by atoms with E-state index < -0.39 is 0 Å². The van der Waals surface area contributed by atoms with Crippen molar-refractivity contribution in [2.24, 2.45) is 0 Å². The molecule has 0 amide bonds. The van der Waals surface area contributed by atoms with Gasteiger partial charge in [0.2, 0.25) is 0 Å². The van der Waals surface area contributed by atoms with Gasteiger partial charge in [-0.1, -0.05) is 23.8 Å². The molecule has 2 rings (SSSR count). The Bertz CT molecular complexity index is 384. The van der Waals surface area contributed by atoms with E-state index in [1.165, 1.54) is 0 Å². The van der Waals surface area contributed by atoms with Crippen LogP contribution in [0.5, 0.6) is 0 Å². The van der Waals surface area contributed by atoms with Gasteiger partial charge in [-0.15, -0.1) is 0 Å². The molecule has 3 nitrogen and oxygen atoms in total. The number of morpholine rings is 1. The summed E-state index contributed by atoms with van der Waals surface area (Å²) in [6.45, 7) is 3.20. The molecule has 15 heavy (non-hydrogen) atoms. The van der Waals surface area contributed by atoms with Crippen molar-refractivity contribution in [3.63, 3.8) is 0 Å². The molecule has 78 valence electrons. The fourth-order valence-electron chi connectivity index (χ4n) is 1.47. The second-order valence-electron chi connectivity index (χ2n) is 3.10. The van der Waals surface area contributed by atoms with Crippen LogP contribution in [0.1, 0.15) is 1.43 Å². The maximum absolute atomic E-state index is 6.11. The first-order valence-corrected chi connectivity index (χ1v) is 5.27. The molecule has 1 aromatic heterocycles. The van der Waals surface area contributed by atoms with Crippen molar-refractivity contribution in [3.8, 4) is 0 Å². The number of hydrogen-bond acceptors (Lipinski definition) is 3. The molecule has 0 atom stereocenters. The molecule has 1 fully saturated rings. The standard InChI is InChI=1S/C9H11ClN2OS.K.H/c10-8-7(14)1-2-11-9(8)12-3-5-13-6-4-12;;/h1-2H,3-6H2,(H,11,14);;/q;+1;-1. The third kappa shape index (κ3) is 3.51. The maximum Gasteiger partial charge on any atom is 1.00 e. The van der Waals surface area contributed by atoms with Crippen molar-refractivity contribution in [3.05, 3.63) is 21.8 Å². The van der Waals surface area contributed by atoms with Gasteiger partial charge in [-0.2, -0.15) is 0 Å². The number of hydrogen-bond donors (Lipinski definition) is 1. The molecule has 6 heteroatoms. The zero-order chi connectivity index (χ0) is 9.97. The average Bonchev–Trinajstić information content (AvgIpc) is 2.23. The Labute approximate surface area is 143 Å². The number of nitrogens with zero attached hydrogens (tertiary/aromatic N) is 1. The minimum absolute atomic E-state index is 0. The van der Waals surface area contributed by atoms with E-state index >= 15 is 0 Å². The Morgan fingerprint density at radius 2 is 2.13 bits per heavy atom. The molecule has 0 unspecified atom stereocenters. The SMILES string of the molecule is S=c1cc[nH]c(N2CCOCC2)c1Cl.[H-].[K+]. The number of halogens is 1. The number of anilines is 1. The largest absolute Gasteiger partial charge is 1.00 e. The molecule has 0 bridgehead atoms. The second-order valence-corrected chi connectivity index (χ2v) is 3.92. The fourth-order valence-corrected chi connectivity index (χ4v) is 1.87. The molecule has 1 saturated heterocycles. The van der Waals surface area contributed by atoms with Gasteiger partial charge in [-0.25, -0.2) is 0 Å². The predicted octanol–water partition coefficient (Wildman–Crippen LogP) is -0.649. The van der Waals surface area contributed by atoms with Crippen molar-refractivity contribution in [2.75, 3.05) is 31.2 Å². The number of pyridine rings is 1. The molecule has 1 aromatic rings. The fraction of sp³-hybridized carbons (Fsp3) is 0.444. The number of H-pyrrole nitrogens is 1. The van der Waals surface area contributed by atoms with Crippen LogP contribution in [0.15, 0.2) is 12.3 Å². The Morgan fingerprint density at radius 3 is 2.80 bits per heavy atom. The van der Waals surface area contributed by atoms with Crippen LogP contribution in [0.2, 0.25) is 5.02 Å². The van der Waals surface area contributed by atoms with E-state index in [-0.39, 0.29) is 52.8 Å². The van der Waals surface area contributed by atoms with Crippen molar-refractivity contribution in [1.82, 2.24) is 4.98 Å². The topological polar surface area (TPSA) is 28.3 Å². The van der Waals surface area contributed by atoms with Crippen LogP contribution < -0.4 is 56.3 Å². The summed E-state index contributed by atoms with van der Waals surface area (Å²) in [4.78, 5) is 5.27. The molecular weight excluding hydrogens is 259 g/mol. The number of nitrogens with one attached hydrogen (secondary N) is 1. The molecule has 0 radical (unpaired) electrons. The summed E-state index contributed by atoms with van der Waals surface area (Å²) >= 11 is 11.2.